The largest absolute Gasteiger partial charge is 0.444 e. The Labute approximate surface area is 193 Å². The van der Waals surface area contributed by atoms with Gasteiger partial charge in [0.1, 0.15) is 11.2 Å². The van der Waals surface area contributed by atoms with E-state index in [0.29, 0.717) is 11.8 Å². The molecule has 0 aromatic heterocycles. The summed E-state index contributed by atoms with van der Waals surface area (Å²) in [6.45, 7) is 15.2. The lowest BCUT2D eigenvalue weighted by atomic mass is 9.91. The van der Waals surface area contributed by atoms with E-state index >= 15 is 0 Å². The average molecular weight is 453 g/mol. The highest BCUT2D eigenvalue weighted by Gasteiger charge is 2.48. The van der Waals surface area contributed by atoms with E-state index in [4.69, 9.17) is 9.47 Å². The monoisotopic (exact) mass is 452 g/mol. The normalized spacial score (nSPS) is 33.6. The molecule has 2 aliphatic heterocycles. The Bertz CT molecular complexity index is 604. The van der Waals surface area contributed by atoms with Crippen molar-refractivity contribution in [3.8, 4) is 0 Å². The van der Waals surface area contributed by atoms with Crippen molar-refractivity contribution in [1.29, 1.82) is 0 Å². The maximum atomic E-state index is 11.8. The van der Waals surface area contributed by atoms with Crippen LogP contribution in [0.1, 0.15) is 80.1 Å². The molecule has 0 unspecified atom stereocenters. The van der Waals surface area contributed by atoms with Gasteiger partial charge in [-0.1, -0.05) is 12.8 Å². The molecule has 2 amide bonds. The fourth-order valence-electron chi connectivity index (χ4n) is 5.72. The number of carbonyl (C=O) groups is 2. The summed E-state index contributed by atoms with van der Waals surface area (Å²) in [6, 6.07) is 0. The quantitative estimate of drug-likeness (QED) is 0.513. The van der Waals surface area contributed by atoms with Gasteiger partial charge >= 0.3 is 12.2 Å². The first-order chi connectivity index (χ1) is 14.8. The number of fused-ring (bicyclic) bond motifs is 2. The van der Waals surface area contributed by atoms with Crippen molar-refractivity contribution in [1.82, 2.24) is 21.3 Å². The molecule has 4 N–H and O–H groups in total. The van der Waals surface area contributed by atoms with Gasteiger partial charge < -0.3 is 30.7 Å². The SMILES string of the molecule is CC(C)(C)OC(=O)N[C@@]12CCC[C@@H]1CNC2.CC(C)(C)OC(=O)N[C@]12CCC[C@H]1CNC2. The Morgan fingerprint density at radius 2 is 1.12 bits per heavy atom. The van der Waals surface area contributed by atoms with Crippen molar-refractivity contribution >= 4 is 12.2 Å². The average Bonchev–Trinajstić information content (AvgIpc) is 3.31. The van der Waals surface area contributed by atoms with Crippen LogP contribution in [-0.2, 0) is 9.47 Å². The van der Waals surface area contributed by atoms with Crippen LogP contribution in [0.25, 0.3) is 0 Å². The van der Waals surface area contributed by atoms with Crippen molar-refractivity contribution in [3.63, 3.8) is 0 Å². The summed E-state index contributed by atoms with van der Waals surface area (Å²) in [5.74, 6) is 1.17. The van der Waals surface area contributed by atoms with Crippen LogP contribution in [0.5, 0.6) is 0 Å². The summed E-state index contributed by atoms with van der Waals surface area (Å²) in [4.78, 5) is 23.6. The highest BCUT2D eigenvalue weighted by atomic mass is 16.6. The van der Waals surface area contributed by atoms with E-state index < -0.39 is 11.2 Å². The Morgan fingerprint density at radius 1 is 0.750 bits per heavy atom. The molecule has 2 aliphatic carbocycles. The van der Waals surface area contributed by atoms with E-state index in [2.05, 4.69) is 21.3 Å². The van der Waals surface area contributed by atoms with Crippen molar-refractivity contribution < 1.29 is 19.1 Å². The predicted octanol–water partition coefficient (Wildman–Crippen LogP) is 3.31. The number of hydrogen-bond acceptors (Lipinski definition) is 6. The van der Waals surface area contributed by atoms with Gasteiger partial charge in [0.05, 0.1) is 11.1 Å². The maximum Gasteiger partial charge on any atom is 0.408 e. The number of alkyl carbamates (subject to hydrolysis) is 2. The number of rotatable bonds is 2. The molecule has 184 valence electrons. The van der Waals surface area contributed by atoms with Crippen LogP contribution >= 0.6 is 0 Å². The molecule has 0 aromatic carbocycles. The maximum absolute atomic E-state index is 11.8. The fourth-order valence-corrected chi connectivity index (χ4v) is 5.72. The molecular formula is C24H44N4O4. The van der Waals surface area contributed by atoms with E-state index in [1.165, 1.54) is 25.7 Å². The second kappa shape index (κ2) is 9.37. The molecule has 0 aromatic rings. The Morgan fingerprint density at radius 3 is 1.47 bits per heavy atom. The molecule has 0 radical (unpaired) electrons. The Hall–Kier alpha value is -1.54. The highest BCUT2D eigenvalue weighted by molar-refractivity contribution is 5.69. The van der Waals surface area contributed by atoms with Crippen LogP contribution in [-0.4, -0.2) is 60.6 Å². The summed E-state index contributed by atoms with van der Waals surface area (Å²) >= 11 is 0. The van der Waals surface area contributed by atoms with Crippen molar-refractivity contribution in [3.05, 3.63) is 0 Å². The zero-order chi connectivity index (χ0) is 23.6. The number of nitrogens with one attached hydrogen (secondary N) is 4. The van der Waals surface area contributed by atoms with Crippen LogP contribution in [0, 0.1) is 11.8 Å². The van der Waals surface area contributed by atoms with Crippen molar-refractivity contribution in [2.45, 2.75) is 102 Å². The third-order valence-electron chi connectivity index (χ3n) is 7.08. The first-order valence-corrected chi connectivity index (χ1v) is 12.3. The minimum absolute atomic E-state index is 0.0394. The van der Waals surface area contributed by atoms with Crippen molar-refractivity contribution in [2.75, 3.05) is 26.2 Å². The molecule has 0 bridgehead atoms. The third kappa shape index (κ3) is 6.28. The zero-order valence-electron chi connectivity index (χ0n) is 20.9. The van der Waals surface area contributed by atoms with Gasteiger partial charge in [0.2, 0.25) is 0 Å². The first-order valence-electron chi connectivity index (χ1n) is 12.3. The fraction of sp³-hybridized carbons (Fsp3) is 0.917. The van der Waals surface area contributed by atoms with E-state index in [1.807, 2.05) is 41.5 Å². The van der Waals surface area contributed by atoms with Crippen molar-refractivity contribution in [2.24, 2.45) is 11.8 Å². The zero-order valence-corrected chi connectivity index (χ0v) is 20.9. The van der Waals surface area contributed by atoms with Gasteiger partial charge in [0, 0.05) is 26.2 Å². The molecule has 4 fully saturated rings. The molecule has 0 spiro atoms. The smallest absolute Gasteiger partial charge is 0.408 e. The predicted molar refractivity (Wildman–Crippen MR) is 125 cm³/mol. The minimum Gasteiger partial charge on any atom is -0.444 e. The lowest BCUT2D eigenvalue weighted by Crippen LogP contribution is -2.53. The van der Waals surface area contributed by atoms with Crippen LogP contribution in [0.2, 0.25) is 0 Å². The molecular weight excluding hydrogens is 408 g/mol. The number of ether oxygens (including phenoxy) is 2. The van der Waals surface area contributed by atoms with Gasteiger partial charge in [-0.2, -0.15) is 0 Å². The van der Waals surface area contributed by atoms with E-state index in [-0.39, 0.29) is 23.3 Å². The topological polar surface area (TPSA) is 101 Å². The molecule has 2 saturated heterocycles. The van der Waals surface area contributed by atoms with Gasteiger partial charge in [-0.25, -0.2) is 9.59 Å². The van der Waals surface area contributed by atoms with Gasteiger partial charge in [0.15, 0.2) is 0 Å². The summed E-state index contributed by atoms with van der Waals surface area (Å²) in [5.41, 5.74) is -0.910. The van der Waals surface area contributed by atoms with Crippen LogP contribution in [0.15, 0.2) is 0 Å². The van der Waals surface area contributed by atoms with E-state index in [1.54, 1.807) is 0 Å². The lowest BCUT2D eigenvalue weighted by Gasteiger charge is -2.31. The second-order valence-electron chi connectivity index (χ2n) is 12.0. The summed E-state index contributed by atoms with van der Waals surface area (Å²) in [7, 11) is 0. The third-order valence-corrected chi connectivity index (χ3v) is 7.08. The molecule has 8 nitrogen and oxygen atoms in total. The second-order valence-corrected chi connectivity index (χ2v) is 12.0. The molecule has 4 rings (SSSR count). The van der Waals surface area contributed by atoms with Crippen LogP contribution in [0.4, 0.5) is 9.59 Å². The Balaban J connectivity index is 0.000000181. The molecule has 8 heteroatoms. The lowest BCUT2D eigenvalue weighted by molar-refractivity contribution is 0.0437. The molecule has 32 heavy (non-hydrogen) atoms. The van der Waals surface area contributed by atoms with E-state index in [9.17, 15) is 9.59 Å². The van der Waals surface area contributed by atoms with E-state index in [0.717, 1.165) is 39.0 Å². The number of hydrogen-bond donors (Lipinski definition) is 4. The number of amides is 2. The standard InChI is InChI=1S/2C12H22N2O2/c2*1-11(2,3)16-10(15)14-12-6-4-5-9(12)7-13-8-12/h2*9,13H,4-8H2,1-3H3,(H,14,15)/t2*9-,12-/m10/s1. The van der Waals surface area contributed by atoms with Crippen LogP contribution < -0.4 is 21.3 Å². The summed E-state index contributed by atoms with van der Waals surface area (Å²) < 4.78 is 10.6. The number of carbonyl (C=O) groups excluding carboxylic acids is 2. The van der Waals surface area contributed by atoms with Gasteiger partial charge in [-0.05, 0) is 79.1 Å². The molecule has 4 aliphatic rings. The van der Waals surface area contributed by atoms with Gasteiger partial charge in [-0.3, -0.25) is 0 Å². The molecule has 2 heterocycles. The van der Waals surface area contributed by atoms with Gasteiger partial charge in [-0.15, -0.1) is 0 Å². The van der Waals surface area contributed by atoms with Gasteiger partial charge in [0.25, 0.3) is 0 Å². The highest BCUT2D eigenvalue weighted by Crippen LogP contribution is 2.39. The minimum atomic E-state index is -0.416. The van der Waals surface area contributed by atoms with Crippen LogP contribution in [0.3, 0.4) is 0 Å². The summed E-state index contributed by atoms with van der Waals surface area (Å²) in [5, 5.41) is 12.9. The first kappa shape index (κ1) is 25.1. The molecule has 4 atom stereocenters. The Kier molecular flexibility index (Phi) is 7.35. The summed E-state index contributed by atoms with van der Waals surface area (Å²) in [6.07, 6.45) is 6.44. The molecule has 2 saturated carbocycles.